The summed E-state index contributed by atoms with van der Waals surface area (Å²) in [5.41, 5.74) is 9.10. The summed E-state index contributed by atoms with van der Waals surface area (Å²) in [6.07, 6.45) is 0. The van der Waals surface area contributed by atoms with E-state index in [-0.39, 0.29) is 46.7 Å². The fourth-order valence-corrected chi connectivity index (χ4v) is 5.49. The van der Waals surface area contributed by atoms with Crippen molar-refractivity contribution in [2.75, 3.05) is 0 Å². The van der Waals surface area contributed by atoms with E-state index in [0.717, 1.165) is 28.0 Å². The van der Waals surface area contributed by atoms with Crippen molar-refractivity contribution in [1.82, 2.24) is 4.98 Å². The van der Waals surface area contributed by atoms with Gasteiger partial charge in [-0.25, -0.2) is 0 Å². The molecule has 4 aromatic carbocycles. The molecule has 1 atom stereocenters. The predicted octanol–water partition coefficient (Wildman–Crippen LogP) is 11.8. The molecule has 0 saturated carbocycles. The zero-order chi connectivity index (χ0) is 27.5. The van der Waals surface area contributed by atoms with E-state index in [0.29, 0.717) is 17.8 Å². The number of rotatable bonds is 8. The van der Waals surface area contributed by atoms with Crippen LogP contribution in [0.5, 0.6) is 0 Å². The minimum absolute atomic E-state index is 0. The van der Waals surface area contributed by atoms with Crippen molar-refractivity contribution in [3.05, 3.63) is 151 Å². The Kier molecular flexibility index (Phi) is 12.9. The van der Waals surface area contributed by atoms with Gasteiger partial charge in [-0.1, -0.05) is 142 Å². The summed E-state index contributed by atoms with van der Waals surface area (Å²) in [5, 5.41) is 7.96. The number of hydrogen-bond donors (Lipinski definition) is 0. The second kappa shape index (κ2) is 15.4. The Morgan fingerprint density at radius 2 is 1.14 bits per heavy atom. The third-order valence-corrected chi connectivity index (χ3v) is 7.54. The van der Waals surface area contributed by atoms with Gasteiger partial charge in [-0.15, -0.1) is 34.8 Å². The first kappa shape index (κ1) is 35.2. The molecule has 5 aromatic rings. The zero-order valence-electron chi connectivity index (χ0n) is 26.4. The van der Waals surface area contributed by atoms with Gasteiger partial charge in [0.25, 0.3) is 0 Å². The van der Waals surface area contributed by atoms with Crippen LogP contribution >= 0.6 is 0 Å². The van der Waals surface area contributed by atoms with Crippen LogP contribution < -0.4 is 0 Å². The second-order valence-corrected chi connectivity index (χ2v) is 11.3. The van der Waals surface area contributed by atoms with Gasteiger partial charge in [0.1, 0.15) is 0 Å². The van der Waals surface area contributed by atoms with Gasteiger partial charge in [-0.3, -0.25) is 0 Å². The maximum absolute atomic E-state index is 5.61. The van der Waals surface area contributed by atoms with E-state index in [2.05, 4.69) is 139 Å². The summed E-state index contributed by atoms with van der Waals surface area (Å²) >= 11 is 0. The van der Waals surface area contributed by atoms with Crippen LogP contribution in [0.1, 0.15) is 93.3 Å². The molecule has 2 nitrogen and oxygen atoms in total. The maximum atomic E-state index is 5.61. The molecule has 0 N–H and O–H groups in total. The molecule has 0 aliphatic heterocycles. The van der Waals surface area contributed by atoms with E-state index >= 15 is 0 Å². The molecule has 0 bridgehead atoms. The predicted molar refractivity (Wildman–Crippen MR) is 179 cm³/mol. The largest absolute Gasteiger partial charge is 4.00 e. The molecule has 0 spiro atoms. The third kappa shape index (κ3) is 7.29. The summed E-state index contributed by atoms with van der Waals surface area (Å²) in [6.45, 7) is 13.5. The van der Waals surface area contributed by atoms with Gasteiger partial charge in [0.05, 0.1) is 0 Å². The first-order valence-electron chi connectivity index (χ1n) is 14.1. The maximum Gasteiger partial charge on any atom is 4.00 e. The van der Waals surface area contributed by atoms with Gasteiger partial charge in [0, 0.05) is 5.69 Å². The van der Waals surface area contributed by atoms with Gasteiger partial charge in [0.2, 0.25) is 0 Å². The van der Waals surface area contributed by atoms with Crippen molar-refractivity contribution in [2.24, 2.45) is 0 Å². The van der Waals surface area contributed by atoms with E-state index in [1.54, 1.807) is 0 Å². The van der Waals surface area contributed by atoms with Crippen molar-refractivity contribution >= 4 is 16.5 Å². The number of fused-ring (bicyclic) bond motifs is 1. The molecule has 214 valence electrons. The molecule has 0 saturated heterocycles. The molecule has 1 heterocycles. The quantitative estimate of drug-likeness (QED) is 0.116. The van der Waals surface area contributed by atoms with E-state index in [4.69, 9.17) is 10.3 Å². The summed E-state index contributed by atoms with van der Waals surface area (Å²) in [5.74, 6) is 1.11. The van der Waals surface area contributed by atoms with Crippen LogP contribution in [0.4, 0.5) is 5.69 Å². The average Bonchev–Trinajstić information content (AvgIpc) is 2.95. The Balaban J connectivity index is 0.00000205. The normalized spacial score (nSPS) is 11.5. The van der Waals surface area contributed by atoms with Gasteiger partial charge < -0.3 is 25.2 Å². The number of aromatic nitrogens is 1. The summed E-state index contributed by atoms with van der Waals surface area (Å²) < 4.78 is 0. The minimum Gasteiger partial charge on any atom is -0.673 e. The summed E-state index contributed by atoms with van der Waals surface area (Å²) in [7, 11) is 0. The Hall–Kier alpha value is -3.04. The van der Waals surface area contributed by atoms with E-state index in [1.165, 1.54) is 27.6 Å². The van der Waals surface area contributed by atoms with Gasteiger partial charge in [-0.05, 0) is 41.1 Å². The molecule has 3 heteroatoms. The molecule has 5 rings (SSSR count). The summed E-state index contributed by atoms with van der Waals surface area (Å²) in [6, 6.07) is 37.5. The van der Waals surface area contributed by atoms with Crippen molar-refractivity contribution in [2.45, 2.75) is 65.3 Å². The van der Waals surface area contributed by atoms with Gasteiger partial charge >= 0.3 is 25.8 Å². The topological polar surface area (TPSA) is 27.0 Å². The first-order valence-corrected chi connectivity index (χ1v) is 14.1. The standard InChI is InChI=1S/C37H38N2.2CH3.Hf/c1-24(2)28-16-9-10-18-33(28)37(39-36-29(25(3)4)19-12-20-30(36)26(5)6)35-23-13-22-34(38-35)32-21-11-15-27-14-7-8-17-31(27)32;;;/h7-20,22-26,37H,1-6H3;2*1H3;/q-2;2*-1;+4. The summed E-state index contributed by atoms with van der Waals surface area (Å²) in [4.78, 5) is 5.29. The molecule has 42 heavy (non-hydrogen) atoms. The molecular formula is C39H44HfN2. The Morgan fingerprint density at radius 1 is 0.595 bits per heavy atom. The molecule has 0 aliphatic carbocycles. The van der Waals surface area contributed by atoms with Crippen LogP contribution in [0.3, 0.4) is 0 Å². The molecule has 0 amide bonds. The Bertz CT molecular complexity index is 1550. The molecule has 0 fully saturated rings. The Morgan fingerprint density at radius 3 is 1.79 bits per heavy atom. The van der Waals surface area contributed by atoms with Crippen LogP contribution in [-0.4, -0.2) is 4.98 Å². The van der Waals surface area contributed by atoms with Crippen molar-refractivity contribution < 1.29 is 25.8 Å². The SMILES string of the molecule is CC(C)c1ccccc1C([N-]c1c(C(C)C)cccc1C(C)C)c1cccc(-c2[c-]ccc3ccccc23)n1.[CH3-].[CH3-].[Hf+4]. The molecule has 1 aromatic heterocycles. The van der Waals surface area contributed by atoms with E-state index in [1.807, 2.05) is 6.07 Å². The second-order valence-electron chi connectivity index (χ2n) is 11.3. The van der Waals surface area contributed by atoms with Crippen LogP contribution in [0, 0.1) is 20.9 Å². The fraction of sp³-hybridized carbons (Fsp3) is 0.256. The zero-order valence-corrected chi connectivity index (χ0v) is 30.0. The van der Waals surface area contributed by atoms with Crippen LogP contribution in [-0.2, 0) is 25.8 Å². The smallest absolute Gasteiger partial charge is 0.673 e. The number of nitrogens with zero attached hydrogens (tertiary/aromatic N) is 2. The van der Waals surface area contributed by atoms with E-state index < -0.39 is 0 Å². The monoisotopic (exact) mass is 720 g/mol. The third-order valence-electron chi connectivity index (χ3n) is 7.54. The average molecular weight is 719 g/mol. The van der Waals surface area contributed by atoms with Crippen molar-refractivity contribution in [1.29, 1.82) is 0 Å². The molecule has 0 aliphatic rings. The number of para-hydroxylation sites is 1. The fourth-order valence-electron chi connectivity index (χ4n) is 5.49. The minimum atomic E-state index is -0.226. The van der Waals surface area contributed by atoms with Crippen LogP contribution in [0.25, 0.3) is 27.3 Å². The Labute approximate surface area is 273 Å². The van der Waals surface area contributed by atoms with Gasteiger partial charge in [-0.2, -0.15) is 0 Å². The van der Waals surface area contributed by atoms with E-state index in [9.17, 15) is 0 Å². The number of pyridine rings is 1. The number of hydrogen-bond acceptors (Lipinski definition) is 1. The van der Waals surface area contributed by atoms with Crippen molar-refractivity contribution in [3.8, 4) is 11.3 Å². The number of benzene rings is 4. The molecule has 0 radical (unpaired) electrons. The molecule has 1 unspecified atom stereocenters. The molecular weight excluding hydrogens is 675 g/mol. The first-order chi connectivity index (χ1) is 18.8. The van der Waals surface area contributed by atoms with Gasteiger partial charge in [0.15, 0.2) is 0 Å². The van der Waals surface area contributed by atoms with Crippen LogP contribution in [0.15, 0.2) is 97.1 Å². The van der Waals surface area contributed by atoms with Crippen LogP contribution in [0.2, 0.25) is 0 Å². The van der Waals surface area contributed by atoms with Crippen molar-refractivity contribution in [3.63, 3.8) is 0 Å².